The van der Waals surface area contributed by atoms with E-state index in [0.29, 0.717) is 18.8 Å². The van der Waals surface area contributed by atoms with Gasteiger partial charge in [0, 0.05) is 18.3 Å². The molecule has 0 radical (unpaired) electrons. The summed E-state index contributed by atoms with van der Waals surface area (Å²) >= 11 is 0. The van der Waals surface area contributed by atoms with Crippen LogP contribution in [0.25, 0.3) is 0 Å². The van der Waals surface area contributed by atoms with Crippen molar-refractivity contribution in [3.8, 4) is 0 Å². The van der Waals surface area contributed by atoms with E-state index in [1.807, 2.05) is 43.3 Å². The number of aryl methyl sites for hydroxylation is 3. The van der Waals surface area contributed by atoms with Gasteiger partial charge >= 0.3 is 0 Å². The fourth-order valence-corrected chi connectivity index (χ4v) is 3.62. The highest BCUT2D eigenvalue weighted by atomic mass is 16.2. The van der Waals surface area contributed by atoms with Gasteiger partial charge in [-0.3, -0.25) is 9.59 Å². The lowest BCUT2D eigenvalue weighted by atomic mass is 9.99. The molecule has 5 heteroatoms. The monoisotopic (exact) mass is 373 g/mol. The first kappa shape index (κ1) is 18.2. The minimum atomic E-state index is -0.216. The second kappa shape index (κ2) is 7.43. The third-order valence-electron chi connectivity index (χ3n) is 5.14. The second-order valence-electron chi connectivity index (χ2n) is 7.39. The highest BCUT2D eigenvalue weighted by Gasteiger charge is 2.25. The van der Waals surface area contributed by atoms with E-state index in [1.165, 1.54) is 27.9 Å². The van der Waals surface area contributed by atoms with E-state index in [-0.39, 0.29) is 11.5 Å². The van der Waals surface area contributed by atoms with Crippen molar-refractivity contribution in [1.82, 2.24) is 9.78 Å². The van der Waals surface area contributed by atoms with Gasteiger partial charge in [-0.05, 0) is 49.9 Å². The number of anilines is 1. The molecule has 28 heavy (non-hydrogen) atoms. The Morgan fingerprint density at radius 2 is 1.75 bits per heavy atom. The van der Waals surface area contributed by atoms with E-state index in [0.717, 1.165) is 29.7 Å². The molecule has 142 valence electrons. The van der Waals surface area contributed by atoms with Gasteiger partial charge in [-0.25, -0.2) is 4.68 Å². The summed E-state index contributed by atoms with van der Waals surface area (Å²) in [4.78, 5) is 27.2. The zero-order chi connectivity index (χ0) is 19.7. The molecule has 3 aromatic rings. The largest absolute Gasteiger partial charge is 0.307 e. The molecule has 0 unspecified atom stereocenters. The fraction of sp³-hybridized carbons (Fsp3) is 0.261. The van der Waals surface area contributed by atoms with E-state index in [4.69, 9.17) is 0 Å². The fourth-order valence-electron chi connectivity index (χ4n) is 3.62. The molecule has 0 aliphatic carbocycles. The summed E-state index contributed by atoms with van der Waals surface area (Å²) in [6.45, 7) is 5.08. The van der Waals surface area contributed by atoms with Crippen LogP contribution in [0, 0.1) is 13.8 Å². The number of aromatic nitrogens is 2. The normalized spacial score (nSPS) is 13.3. The summed E-state index contributed by atoms with van der Waals surface area (Å²) in [7, 11) is 0. The molecule has 0 saturated heterocycles. The standard InChI is InChI=1S/C23H23N3O2/c1-16-5-8-18(9-6-16)15-26-22(27)12-10-20(24-26)23(28)25-13-3-4-19-14-17(2)7-11-21(19)25/h5-12,14H,3-4,13,15H2,1-2H3. The first-order valence-corrected chi connectivity index (χ1v) is 9.56. The zero-order valence-electron chi connectivity index (χ0n) is 16.2. The molecule has 5 nitrogen and oxygen atoms in total. The van der Waals surface area contributed by atoms with Crippen molar-refractivity contribution in [2.24, 2.45) is 0 Å². The van der Waals surface area contributed by atoms with Crippen molar-refractivity contribution in [2.75, 3.05) is 11.4 Å². The van der Waals surface area contributed by atoms with E-state index >= 15 is 0 Å². The van der Waals surface area contributed by atoms with Crippen molar-refractivity contribution in [3.05, 3.63) is 92.9 Å². The number of carbonyl (C=O) groups excluding carboxylic acids is 1. The first-order valence-electron chi connectivity index (χ1n) is 9.56. The Bertz CT molecular complexity index is 1080. The van der Waals surface area contributed by atoms with Crippen molar-refractivity contribution in [1.29, 1.82) is 0 Å². The summed E-state index contributed by atoms with van der Waals surface area (Å²) in [6.07, 6.45) is 1.90. The van der Waals surface area contributed by atoms with Crippen LogP contribution in [-0.2, 0) is 13.0 Å². The topological polar surface area (TPSA) is 55.2 Å². The predicted molar refractivity (Wildman–Crippen MR) is 110 cm³/mol. The van der Waals surface area contributed by atoms with Crippen LogP contribution in [0.15, 0.2) is 59.4 Å². The first-order chi connectivity index (χ1) is 13.5. The Kier molecular flexibility index (Phi) is 4.82. The van der Waals surface area contributed by atoms with E-state index in [9.17, 15) is 9.59 Å². The Labute approximate surface area is 164 Å². The van der Waals surface area contributed by atoms with Gasteiger partial charge in [-0.15, -0.1) is 0 Å². The molecule has 0 fully saturated rings. The molecule has 0 bridgehead atoms. The van der Waals surface area contributed by atoms with Crippen LogP contribution in [0.3, 0.4) is 0 Å². The lowest BCUT2D eigenvalue weighted by Gasteiger charge is -2.29. The quantitative estimate of drug-likeness (QED) is 0.706. The van der Waals surface area contributed by atoms with Gasteiger partial charge in [0.05, 0.1) is 6.54 Å². The summed E-state index contributed by atoms with van der Waals surface area (Å²) in [6, 6.07) is 17.1. The summed E-state index contributed by atoms with van der Waals surface area (Å²) in [5.41, 5.74) is 5.54. The zero-order valence-corrected chi connectivity index (χ0v) is 16.2. The van der Waals surface area contributed by atoms with Crippen LogP contribution < -0.4 is 10.5 Å². The van der Waals surface area contributed by atoms with Gasteiger partial charge in [0.15, 0.2) is 0 Å². The van der Waals surface area contributed by atoms with Crippen molar-refractivity contribution < 1.29 is 4.79 Å². The van der Waals surface area contributed by atoms with E-state index in [1.54, 1.807) is 4.90 Å². The molecule has 2 heterocycles. The molecule has 0 spiro atoms. The third kappa shape index (κ3) is 3.60. The van der Waals surface area contributed by atoms with Crippen molar-refractivity contribution in [2.45, 2.75) is 33.2 Å². The molecular weight excluding hydrogens is 350 g/mol. The minimum absolute atomic E-state index is 0.164. The number of hydrogen-bond acceptors (Lipinski definition) is 3. The number of nitrogens with zero attached hydrogens (tertiary/aromatic N) is 3. The second-order valence-corrected chi connectivity index (χ2v) is 7.39. The Morgan fingerprint density at radius 3 is 2.54 bits per heavy atom. The SMILES string of the molecule is Cc1ccc(Cn2nc(C(=O)N3CCCc4cc(C)ccc43)ccc2=O)cc1. The van der Waals surface area contributed by atoms with Gasteiger partial charge < -0.3 is 4.90 Å². The molecule has 0 saturated carbocycles. The molecule has 2 aromatic carbocycles. The lowest BCUT2D eigenvalue weighted by Crippen LogP contribution is -2.37. The van der Waals surface area contributed by atoms with Crippen LogP contribution >= 0.6 is 0 Å². The van der Waals surface area contributed by atoms with Crippen molar-refractivity contribution >= 4 is 11.6 Å². The predicted octanol–water partition coefficient (Wildman–Crippen LogP) is 3.50. The Hall–Kier alpha value is -3.21. The number of rotatable bonds is 3. The molecule has 0 atom stereocenters. The number of carbonyl (C=O) groups is 1. The Balaban J connectivity index is 1.64. The highest BCUT2D eigenvalue weighted by Crippen LogP contribution is 2.28. The van der Waals surface area contributed by atoms with Crippen LogP contribution in [0.2, 0.25) is 0 Å². The van der Waals surface area contributed by atoms with Gasteiger partial charge in [0.2, 0.25) is 0 Å². The van der Waals surface area contributed by atoms with Gasteiger partial charge in [0.1, 0.15) is 5.69 Å². The van der Waals surface area contributed by atoms with E-state index < -0.39 is 0 Å². The van der Waals surface area contributed by atoms with Crippen LogP contribution in [-0.4, -0.2) is 22.2 Å². The smallest absolute Gasteiger partial charge is 0.278 e. The lowest BCUT2D eigenvalue weighted by molar-refractivity contribution is 0.0978. The average molecular weight is 373 g/mol. The van der Waals surface area contributed by atoms with Gasteiger partial charge in [-0.2, -0.15) is 5.10 Å². The molecular formula is C23H23N3O2. The molecule has 1 aliphatic rings. The number of amides is 1. The molecule has 1 amide bonds. The maximum absolute atomic E-state index is 13.2. The van der Waals surface area contributed by atoms with Crippen LogP contribution in [0.4, 0.5) is 5.69 Å². The Morgan fingerprint density at radius 1 is 1.00 bits per heavy atom. The van der Waals surface area contributed by atoms with E-state index in [2.05, 4.69) is 18.1 Å². The summed E-state index contributed by atoms with van der Waals surface area (Å²) < 4.78 is 1.36. The summed E-state index contributed by atoms with van der Waals surface area (Å²) in [5, 5.41) is 4.37. The molecule has 4 rings (SSSR count). The van der Waals surface area contributed by atoms with Gasteiger partial charge in [0.25, 0.3) is 11.5 Å². The van der Waals surface area contributed by atoms with Crippen molar-refractivity contribution in [3.63, 3.8) is 0 Å². The highest BCUT2D eigenvalue weighted by molar-refractivity contribution is 6.05. The maximum Gasteiger partial charge on any atom is 0.278 e. The molecule has 1 aliphatic heterocycles. The van der Waals surface area contributed by atoms with Crippen LogP contribution in [0.1, 0.15) is 39.2 Å². The van der Waals surface area contributed by atoms with Crippen LogP contribution in [0.5, 0.6) is 0 Å². The number of hydrogen-bond donors (Lipinski definition) is 0. The minimum Gasteiger partial charge on any atom is -0.307 e. The van der Waals surface area contributed by atoms with Gasteiger partial charge in [-0.1, -0.05) is 47.5 Å². The molecule has 1 aromatic heterocycles. The summed E-state index contributed by atoms with van der Waals surface area (Å²) in [5.74, 6) is -0.164. The number of fused-ring (bicyclic) bond motifs is 1. The maximum atomic E-state index is 13.2. The average Bonchev–Trinajstić information content (AvgIpc) is 2.70. The third-order valence-corrected chi connectivity index (χ3v) is 5.14. The number of benzene rings is 2. The molecule has 0 N–H and O–H groups in total.